The molecule has 3 aliphatic heterocycles. The third-order valence-corrected chi connectivity index (χ3v) is 5.52. The number of hydrogen-bond acceptors (Lipinski definition) is 5. The molecule has 0 radical (unpaired) electrons. The number of allylic oxidation sites excluding steroid dienone is 1. The molecule has 21 heavy (non-hydrogen) atoms. The summed E-state index contributed by atoms with van der Waals surface area (Å²) in [6.45, 7) is 7.59. The molecule has 4 rings (SSSR count). The van der Waals surface area contributed by atoms with Crippen molar-refractivity contribution >= 4 is 0 Å². The molecule has 7 unspecified atom stereocenters. The maximum absolute atomic E-state index is 10.6. The predicted molar refractivity (Wildman–Crippen MR) is 74.8 cm³/mol. The molecule has 5 nitrogen and oxygen atoms in total. The second kappa shape index (κ2) is 3.89. The van der Waals surface area contributed by atoms with Gasteiger partial charge in [-0.15, -0.1) is 0 Å². The van der Waals surface area contributed by atoms with Gasteiger partial charge in [-0.05, 0) is 34.1 Å². The fourth-order valence-electron chi connectivity index (χ4n) is 4.08. The Balaban J connectivity index is 1.59. The number of fused-ring (bicyclic) bond motifs is 2. The smallest absolute Gasteiger partial charge is 0.129 e. The number of rotatable bonds is 3. The van der Waals surface area contributed by atoms with Crippen molar-refractivity contribution in [1.82, 2.24) is 0 Å². The fourth-order valence-corrected chi connectivity index (χ4v) is 4.08. The number of hydrogen-bond donors (Lipinski definition) is 2. The van der Waals surface area contributed by atoms with Crippen molar-refractivity contribution in [3.8, 4) is 0 Å². The number of aliphatic hydroxyl groups excluding tert-OH is 1. The highest BCUT2D eigenvalue weighted by Gasteiger charge is 2.85. The SMILES string of the molecule is CC(C)=CCC12OC1C1OC(C(C)(C)O)CC13OC3C2O. The summed E-state index contributed by atoms with van der Waals surface area (Å²) in [7, 11) is 0. The van der Waals surface area contributed by atoms with Crippen molar-refractivity contribution in [2.24, 2.45) is 0 Å². The van der Waals surface area contributed by atoms with Crippen LogP contribution in [0.4, 0.5) is 0 Å². The van der Waals surface area contributed by atoms with E-state index < -0.39 is 22.9 Å². The van der Waals surface area contributed by atoms with Crippen LogP contribution < -0.4 is 0 Å². The molecule has 2 N–H and O–H groups in total. The number of aliphatic hydroxyl groups is 2. The largest absolute Gasteiger partial charge is 0.388 e. The van der Waals surface area contributed by atoms with E-state index in [1.54, 1.807) is 13.8 Å². The van der Waals surface area contributed by atoms with Crippen molar-refractivity contribution < 1.29 is 24.4 Å². The van der Waals surface area contributed by atoms with E-state index in [9.17, 15) is 10.2 Å². The Kier molecular flexibility index (Phi) is 2.62. The molecule has 118 valence electrons. The Hall–Kier alpha value is -0.460. The van der Waals surface area contributed by atoms with E-state index in [1.165, 1.54) is 5.57 Å². The zero-order chi connectivity index (χ0) is 15.2. The van der Waals surface area contributed by atoms with Crippen LogP contribution in [0.15, 0.2) is 11.6 Å². The van der Waals surface area contributed by atoms with Gasteiger partial charge in [0.1, 0.15) is 35.6 Å². The first-order valence-electron chi connectivity index (χ1n) is 7.76. The predicted octanol–water partition coefficient (Wildman–Crippen LogP) is 0.921. The van der Waals surface area contributed by atoms with Crippen molar-refractivity contribution in [1.29, 1.82) is 0 Å². The fraction of sp³-hybridized carbons (Fsp3) is 0.875. The maximum atomic E-state index is 10.6. The van der Waals surface area contributed by atoms with Gasteiger partial charge in [0.25, 0.3) is 0 Å². The lowest BCUT2D eigenvalue weighted by molar-refractivity contribution is -0.0902. The summed E-state index contributed by atoms with van der Waals surface area (Å²) >= 11 is 0. The van der Waals surface area contributed by atoms with Crippen LogP contribution in [-0.4, -0.2) is 57.5 Å². The highest BCUT2D eigenvalue weighted by Crippen LogP contribution is 2.66. The second-order valence-corrected chi connectivity index (χ2v) is 7.82. The van der Waals surface area contributed by atoms with Gasteiger partial charge in [-0.25, -0.2) is 0 Å². The zero-order valence-corrected chi connectivity index (χ0v) is 13.0. The lowest BCUT2D eigenvalue weighted by atomic mass is 9.75. The molecule has 1 aliphatic carbocycles. The third kappa shape index (κ3) is 1.75. The highest BCUT2D eigenvalue weighted by atomic mass is 16.7. The first-order valence-corrected chi connectivity index (χ1v) is 7.76. The highest BCUT2D eigenvalue weighted by molar-refractivity contribution is 5.34. The zero-order valence-electron chi connectivity index (χ0n) is 13.0. The van der Waals surface area contributed by atoms with E-state index in [0.29, 0.717) is 12.8 Å². The van der Waals surface area contributed by atoms with Crippen molar-refractivity contribution in [2.75, 3.05) is 0 Å². The van der Waals surface area contributed by atoms with E-state index >= 15 is 0 Å². The van der Waals surface area contributed by atoms with Crippen LogP contribution in [0.25, 0.3) is 0 Å². The molecule has 1 saturated carbocycles. The summed E-state index contributed by atoms with van der Waals surface area (Å²) in [4.78, 5) is 0. The minimum Gasteiger partial charge on any atom is -0.388 e. The van der Waals surface area contributed by atoms with Crippen molar-refractivity contribution in [3.05, 3.63) is 11.6 Å². The Morgan fingerprint density at radius 2 is 1.95 bits per heavy atom. The molecule has 4 aliphatic rings. The van der Waals surface area contributed by atoms with Gasteiger partial charge in [-0.1, -0.05) is 11.6 Å². The summed E-state index contributed by atoms with van der Waals surface area (Å²) in [5, 5.41) is 20.8. The second-order valence-electron chi connectivity index (χ2n) is 7.82. The molecule has 0 bridgehead atoms. The minimum absolute atomic E-state index is 0.130. The lowest BCUT2D eigenvalue weighted by Crippen LogP contribution is -2.50. The minimum atomic E-state index is -0.912. The first-order chi connectivity index (χ1) is 9.71. The quantitative estimate of drug-likeness (QED) is 0.598. The molecule has 0 aromatic heterocycles. The third-order valence-electron chi connectivity index (χ3n) is 5.52. The van der Waals surface area contributed by atoms with Gasteiger partial charge in [0.15, 0.2) is 0 Å². The van der Waals surface area contributed by atoms with E-state index in [-0.39, 0.29) is 24.4 Å². The van der Waals surface area contributed by atoms with Gasteiger partial charge >= 0.3 is 0 Å². The average Bonchev–Trinajstić information content (AvgIpc) is 3.21. The van der Waals surface area contributed by atoms with Crippen LogP contribution in [0.1, 0.15) is 40.5 Å². The molecule has 0 aromatic rings. The average molecular weight is 296 g/mol. The van der Waals surface area contributed by atoms with Crippen LogP contribution in [-0.2, 0) is 14.2 Å². The Labute approximate surface area is 124 Å². The molecule has 3 saturated heterocycles. The molecule has 5 heteroatoms. The Bertz CT molecular complexity index is 505. The summed E-state index contributed by atoms with van der Waals surface area (Å²) in [6, 6.07) is 0. The maximum Gasteiger partial charge on any atom is 0.129 e. The van der Waals surface area contributed by atoms with Gasteiger partial charge < -0.3 is 24.4 Å². The molecule has 0 aromatic carbocycles. The molecule has 1 spiro atoms. The molecular weight excluding hydrogens is 272 g/mol. The molecule has 0 amide bonds. The van der Waals surface area contributed by atoms with Crippen LogP contribution in [0.2, 0.25) is 0 Å². The van der Waals surface area contributed by atoms with Crippen LogP contribution >= 0.6 is 0 Å². The normalized spacial score (nSPS) is 53.5. The van der Waals surface area contributed by atoms with Gasteiger partial charge in [0, 0.05) is 6.42 Å². The Morgan fingerprint density at radius 1 is 1.24 bits per heavy atom. The molecule has 4 fully saturated rings. The summed E-state index contributed by atoms with van der Waals surface area (Å²) < 4.78 is 17.9. The van der Waals surface area contributed by atoms with E-state index in [4.69, 9.17) is 14.2 Å². The summed E-state index contributed by atoms with van der Waals surface area (Å²) in [5.41, 5.74) is -0.702. The standard InChI is InChI=1S/C16H24O5/c1-8(2)5-6-15-10(17)11-16(20-11)7-9(14(3,4)18)19-12(16)13(15)21-15/h5,9-13,17-18H,6-7H2,1-4H3. The molecular formula is C16H24O5. The van der Waals surface area contributed by atoms with Crippen molar-refractivity contribution in [3.63, 3.8) is 0 Å². The first kappa shape index (κ1) is 14.2. The lowest BCUT2D eigenvalue weighted by Gasteiger charge is -2.26. The van der Waals surface area contributed by atoms with Crippen LogP contribution in [0.3, 0.4) is 0 Å². The number of ether oxygens (including phenoxy) is 3. The Morgan fingerprint density at radius 3 is 2.57 bits per heavy atom. The van der Waals surface area contributed by atoms with Gasteiger partial charge in [0.05, 0.1) is 11.7 Å². The topological polar surface area (TPSA) is 74.8 Å². The van der Waals surface area contributed by atoms with Crippen molar-refractivity contribution in [2.45, 2.75) is 87.9 Å². The monoisotopic (exact) mass is 296 g/mol. The van der Waals surface area contributed by atoms with E-state index in [1.807, 2.05) is 13.8 Å². The van der Waals surface area contributed by atoms with Gasteiger partial charge in [-0.3, -0.25) is 0 Å². The molecule has 3 heterocycles. The van der Waals surface area contributed by atoms with Crippen LogP contribution in [0.5, 0.6) is 0 Å². The summed E-state index contributed by atoms with van der Waals surface area (Å²) in [6.07, 6.45) is 2.00. The van der Waals surface area contributed by atoms with Gasteiger partial charge in [0.2, 0.25) is 0 Å². The summed E-state index contributed by atoms with van der Waals surface area (Å²) in [5.74, 6) is 0. The van der Waals surface area contributed by atoms with E-state index in [2.05, 4.69) is 6.08 Å². The van der Waals surface area contributed by atoms with Gasteiger partial charge in [-0.2, -0.15) is 0 Å². The van der Waals surface area contributed by atoms with E-state index in [0.717, 1.165) is 0 Å². The number of epoxide rings is 2. The van der Waals surface area contributed by atoms with Crippen LogP contribution in [0, 0.1) is 0 Å². The molecule has 7 atom stereocenters.